The molecule has 2 N–H and O–H groups in total. The van der Waals surface area contributed by atoms with Crippen LogP contribution in [0.15, 0.2) is 18.5 Å². The number of aliphatic carboxylic acids is 1. The van der Waals surface area contributed by atoms with Gasteiger partial charge in [0.2, 0.25) is 0 Å². The van der Waals surface area contributed by atoms with Crippen molar-refractivity contribution in [1.82, 2.24) is 4.98 Å². The van der Waals surface area contributed by atoms with Gasteiger partial charge in [-0.2, -0.15) is 13.2 Å². The zero-order valence-electron chi connectivity index (χ0n) is 8.52. The molecular formula is C9H8F3NO4. The first kappa shape index (κ1) is 14.9. The largest absolute Gasteiger partial charge is 0.490 e. The second-order valence-electron chi connectivity index (χ2n) is 2.80. The highest BCUT2D eigenvalue weighted by atomic mass is 19.4. The fraction of sp³-hybridized carbons (Fsp3) is 0.222. The molecule has 1 aromatic heterocycles. The molecule has 0 saturated carbocycles. The summed E-state index contributed by atoms with van der Waals surface area (Å²) in [6.45, 7) is 1.72. The van der Waals surface area contributed by atoms with E-state index in [4.69, 9.17) is 15.0 Å². The van der Waals surface area contributed by atoms with Crippen molar-refractivity contribution in [2.24, 2.45) is 0 Å². The molecule has 0 aliphatic carbocycles. The minimum atomic E-state index is -5.08. The average molecular weight is 251 g/mol. The first-order valence-electron chi connectivity index (χ1n) is 4.10. The number of carbonyl (C=O) groups is 2. The first-order valence-corrected chi connectivity index (χ1v) is 4.10. The predicted molar refractivity (Wildman–Crippen MR) is 49.6 cm³/mol. The number of pyridine rings is 1. The number of aryl methyl sites for hydroxylation is 1. The molecule has 0 aliphatic heterocycles. The molecular weight excluding hydrogens is 243 g/mol. The van der Waals surface area contributed by atoms with Crippen molar-refractivity contribution in [1.29, 1.82) is 0 Å². The lowest BCUT2D eigenvalue weighted by Gasteiger charge is -1.95. The molecule has 0 unspecified atom stereocenters. The van der Waals surface area contributed by atoms with Crippen LogP contribution in [0.3, 0.4) is 0 Å². The smallest absolute Gasteiger partial charge is 0.478 e. The van der Waals surface area contributed by atoms with Gasteiger partial charge in [-0.3, -0.25) is 4.98 Å². The van der Waals surface area contributed by atoms with E-state index in [9.17, 15) is 18.0 Å². The number of rotatable bonds is 1. The fourth-order valence-corrected chi connectivity index (χ4v) is 0.713. The van der Waals surface area contributed by atoms with Crippen molar-refractivity contribution in [2.45, 2.75) is 13.1 Å². The number of aromatic nitrogens is 1. The maximum atomic E-state index is 10.6. The maximum absolute atomic E-state index is 10.6. The van der Waals surface area contributed by atoms with E-state index in [-0.39, 0.29) is 0 Å². The number of hydrogen-bond acceptors (Lipinski definition) is 3. The van der Waals surface area contributed by atoms with Gasteiger partial charge in [0, 0.05) is 12.4 Å². The highest BCUT2D eigenvalue weighted by molar-refractivity contribution is 5.88. The Balaban J connectivity index is 0.000000325. The highest BCUT2D eigenvalue weighted by Gasteiger charge is 2.38. The molecule has 0 aliphatic rings. The van der Waals surface area contributed by atoms with E-state index < -0.39 is 18.1 Å². The van der Waals surface area contributed by atoms with Crippen molar-refractivity contribution in [3.05, 3.63) is 29.6 Å². The fourth-order valence-electron chi connectivity index (χ4n) is 0.713. The van der Waals surface area contributed by atoms with Gasteiger partial charge in [-0.05, 0) is 18.6 Å². The highest BCUT2D eigenvalue weighted by Crippen LogP contribution is 2.13. The molecule has 0 spiro atoms. The van der Waals surface area contributed by atoms with Crippen LogP contribution in [0.2, 0.25) is 0 Å². The van der Waals surface area contributed by atoms with Crippen LogP contribution in [-0.4, -0.2) is 33.3 Å². The zero-order chi connectivity index (χ0) is 13.6. The molecule has 0 fully saturated rings. The lowest BCUT2D eigenvalue weighted by atomic mass is 10.2. The van der Waals surface area contributed by atoms with Gasteiger partial charge < -0.3 is 10.2 Å². The number of aromatic carboxylic acids is 1. The summed E-state index contributed by atoms with van der Waals surface area (Å²) in [6.07, 6.45) is -2.08. The molecule has 8 heteroatoms. The van der Waals surface area contributed by atoms with Crippen LogP contribution in [0.25, 0.3) is 0 Å². The first-order chi connectivity index (χ1) is 7.66. The molecule has 1 rings (SSSR count). The summed E-state index contributed by atoms with van der Waals surface area (Å²) in [5, 5.41) is 15.7. The van der Waals surface area contributed by atoms with Crippen LogP contribution in [0.4, 0.5) is 13.2 Å². The van der Waals surface area contributed by atoms with Gasteiger partial charge in [0.15, 0.2) is 0 Å². The third kappa shape index (κ3) is 5.50. The van der Waals surface area contributed by atoms with Crippen LogP contribution >= 0.6 is 0 Å². The second kappa shape index (κ2) is 5.83. The van der Waals surface area contributed by atoms with E-state index in [1.807, 2.05) is 0 Å². The molecule has 5 nitrogen and oxygen atoms in total. The normalized spacial score (nSPS) is 10.1. The summed E-state index contributed by atoms with van der Waals surface area (Å²) in [5.74, 6) is -3.66. The van der Waals surface area contributed by atoms with Crippen molar-refractivity contribution < 1.29 is 33.0 Å². The minimum absolute atomic E-state index is 0.315. The summed E-state index contributed by atoms with van der Waals surface area (Å²) in [5.41, 5.74) is 1.00. The monoisotopic (exact) mass is 251 g/mol. The van der Waals surface area contributed by atoms with Gasteiger partial charge in [-0.25, -0.2) is 9.59 Å². The van der Waals surface area contributed by atoms with Crippen LogP contribution < -0.4 is 0 Å². The lowest BCUT2D eigenvalue weighted by Crippen LogP contribution is -2.21. The Morgan fingerprint density at radius 1 is 1.29 bits per heavy atom. The van der Waals surface area contributed by atoms with Crippen molar-refractivity contribution in [3.8, 4) is 0 Å². The summed E-state index contributed by atoms with van der Waals surface area (Å²) in [6, 6.07) is 1.48. The molecule has 94 valence electrons. The molecule has 0 saturated heterocycles. The number of carboxylic acids is 2. The van der Waals surface area contributed by atoms with Crippen LogP contribution in [0, 0.1) is 6.92 Å². The average Bonchev–Trinajstić information content (AvgIpc) is 2.17. The Kier molecular flexibility index (Phi) is 5.10. The number of carboxylic acid groups (broad SMARTS) is 2. The van der Waals surface area contributed by atoms with Crippen LogP contribution in [-0.2, 0) is 4.79 Å². The zero-order valence-corrected chi connectivity index (χ0v) is 8.52. The Bertz CT molecular complexity index is 417. The van der Waals surface area contributed by atoms with E-state index in [0.29, 0.717) is 11.1 Å². The summed E-state index contributed by atoms with van der Waals surface area (Å²) < 4.78 is 31.7. The summed E-state index contributed by atoms with van der Waals surface area (Å²) >= 11 is 0. The molecule has 0 radical (unpaired) electrons. The Hall–Kier alpha value is -2.12. The minimum Gasteiger partial charge on any atom is -0.478 e. The number of halogens is 3. The van der Waals surface area contributed by atoms with Gasteiger partial charge >= 0.3 is 18.1 Å². The maximum Gasteiger partial charge on any atom is 0.490 e. The van der Waals surface area contributed by atoms with Gasteiger partial charge in [-0.15, -0.1) is 0 Å². The van der Waals surface area contributed by atoms with Gasteiger partial charge in [-0.1, -0.05) is 0 Å². The van der Waals surface area contributed by atoms with Crippen molar-refractivity contribution in [3.63, 3.8) is 0 Å². The van der Waals surface area contributed by atoms with Crippen molar-refractivity contribution in [2.75, 3.05) is 0 Å². The molecule has 0 bridgehead atoms. The van der Waals surface area contributed by atoms with E-state index in [1.165, 1.54) is 18.5 Å². The SMILES string of the molecule is Cc1cnccc1C(=O)O.O=C(O)C(F)(F)F. The topological polar surface area (TPSA) is 87.5 Å². The third-order valence-corrected chi connectivity index (χ3v) is 1.49. The van der Waals surface area contributed by atoms with E-state index in [1.54, 1.807) is 6.92 Å². The van der Waals surface area contributed by atoms with Gasteiger partial charge in [0.05, 0.1) is 5.56 Å². The number of alkyl halides is 3. The molecule has 1 heterocycles. The standard InChI is InChI=1S/C7H7NO2.C2HF3O2/c1-5-4-8-3-2-6(5)7(9)10;3-2(4,5)1(6)7/h2-4H,1H3,(H,9,10);(H,6,7). The van der Waals surface area contributed by atoms with E-state index in [0.717, 1.165) is 0 Å². The Labute approximate surface area is 93.5 Å². The molecule has 0 amide bonds. The van der Waals surface area contributed by atoms with Crippen LogP contribution in [0.1, 0.15) is 15.9 Å². The molecule has 0 atom stereocenters. The van der Waals surface area contributed by atoms with Crippen LogP contribution in [0.5, 0.6) is 0 Å². The van der Waals surface area contributed by atoms with Gasteiger partial charge in [0.1, 0.15) is 0 Å². The second-order valence-corrected chi connectivity index (χ2v) is 2.80. The third-order valence-electron chi connectivity index (χ3n) is 1.49. The number of nitrogens with zero attached hydrogens (tertiary/aromatic N) is 1. The Morgan fingerprint density at radius 2 is 1.76 bits per heavy atom. The summed E-state index contributed by atoms with van der Waals surface area (Å²) in [4.78, 5) is 23.1. The van der Waals surface area contributed by atoms with E-state index >= 15 is 0 Å². The predicted octanol–water partition coefficient (Wildman–Crippen LogP) is 1.72. The number of hydrogen-bond donors (Lipinski definition) is 2. The Morgan fingerprint density at radius 3 is 2.00 bits per heavy atom. The quantitative estimate of drug-likeness (QED) is 0.793. The van der Waals surface area contributed by atoms with Gasteiger partial charge in [0.25, 0.3) is 0 Å². The molecule has 1 aromatic rings. The molecule has 17 heavy (non-hydrogen) atoms. The summed E-state index contributed by atoms with van der Waals surface area (Å²) in [7, 11) is 0. The van der Waals surface area contributed by atoms with Crippen molar-refractivity contribution >= 4 is 11.9 Å². The lowest BCUT2D eigenvalue weighted by molar-refractivity contribution is -0.192. The van der Waals surface area contributed by atoms with E-state index in [2.05, 4.69) is 4.98 Å². The molecule has 0 aromatic carbocycles.